The Hall–Kier alpha value is -2.01. The largest absolute Gasteiger partial charge is 0.487 e. The smallest absolute Gasteiger partial charge is 0.148 e. The third kappa shape index (κ3) is 4.77. The van der Waals surface area contributed by atoms with Gasteiger partial charge in [-0.2, -0.15) is 0 Å². The molecule has 0 spiro atoms. The second-order valence-electron chi connectivity index (χ2n) is 6.65. The summed E-state index contributed by atoms with van der Waals surface area (Å²) in [6.07, 6.45) is 0. The number of fused-ring (bicyclic) bond motifs is 1. The second-order valence-corrected chi connectivity index (χ2v) is 8.76. The van der Waals surface area contributed by atoms with Crippen molar-refractivity contribution in [1.82, 2.24) is 0 Å². The van der Waals surface area contributed by atoms with Gasteiger partial charge in [-0.3, -0.25) is 0 Å². The lowest BCUT2D eigenvalue weighted by molar-refractivity contribution is 0.303. The Morgan fingerprint density at radius 3 is 2.31 bits per heavy atom. The number of benzene rings is 4. The van der Waals surface area contributed by atoms with Crippen molar-refractivity contribution in [1.29, 1.82) is 0 Å². The number of anilines is 1. The fourth-order valence-corrected chi connectivity index (χ4v) is 4.94. The number of hydrogen-bond acceptors (Lipinski definition) is 2. The van der Waals surface area contributed by atoms with Gasteiger partial charge in [0.25, 0.3) is 0 Å². The Balaban J connectivity index is 1.49. The normalized spacial score (nSPS) is 10.9. The maximum Gasteiger partial charge on any atom is 0.148 e. The Labute approximate surface area is 192 Å². The molecular weight excluding hydrogens is 514 g/mol. The summed E-state index contributed by atoms with van der Waals surface area (Å²) >= 11 is 13.5. The standard InChI is InChI=1S/C24H18Br2ClNO/c25-20-12-16(14-28-23-11-4-3-10-22(23)27)13-21(26)24(20)29-15-18-8-5-7-17-6-1-2-9-19(17)18/h1-13,28H,14-15H2. The Bertz CT molecular complexity index is 1130. The molecule has 0 aliphatic heterocycles. The van der Waals surface area contributed by atoms with Crippen molar-refractivity contribution in [3.05, 3.63) is 104 Å². The van der Waals surface area contributed by atoms with Gasteiger partial charge in [-0.05, 0) is 78.0 Å². The van der Waals surface area contributed by atoms with Crippen molar-refractivity contribution in [2.75, 3.05) is 5.32 Å². The lowest BCUT2D eigenvalue weighted by atomic mass is 10.1. The van der Waals surface area contributed by atoms with E-state index in [9.17, 15) is 0 Å². The van der Waals surface area contributed by atoms with E-state index < -0.39 is 0 Å². The van der Waals surface area contributed by atoms with Gasteiger partial charge in [-0.25, -0.2) is 0 Å². The minimum atomic E-state index is 0.496. The molecule has 4 aromatic rings. The molecule has 0 saturated heterocycles. The first-order valence-electron chi connectivity index (χ1n) is 9.17. The van der Waals surface area contributed by atoms with Crippen molar-refractivity contribution < 1.29 is 4.74 Å². The quantitative estimate of drug-likeness (QED) is 0.271. The van der Waals surface area contributed by atoms with Gasteiger partial charge >= 0.3 is 0 Å². The van der Waals surface area contributed by atoms with Crippen LogP contribution in [0.2, 0.25) is 5.02 Å². The third-order valence-electron chi connectivity index (χ3n) is 4.67. The van der Waals surface area contributed by atoms with Crippen LogP contribution in [0, 0.1) is 0 Å². The van der Waals surface area contributed by atoms with Gasteiger partial charge in [0.2, 0.25) is 0 Å². The number of halogens is 3. The third-order valence-corrected chi connectivity index (χ3v) is 6.17. The highest BCUT2D eigenvalue weighted by atomic mass is 79.9. The van der Waals surface area contributed by atoms with Crippen LogP contribution >= 0.6 is 43.5 Å². The Morgan fingerprint density at radius 2 is 1.52 bits per heavy atom. The van der Waals surface area contributed by atoms with E-state index in [0.717, 1.165) is 31.5 Å². The molecule has 0 bridgehead atoms. The number of hydrogen-bond donors (Lipinski definition) is 1. The molecule has 1 N–H and O–H groups in total. The highest BCUT2D eigenvalue weighted by molar-refractivity contribution is 9.11. The van der Waals surface area contributed by atoms with Crippen molar-refractivity contribution in [3.8, 4) is 5.75 Å². The molecule has 4 aromatic carbocycles. The number of rotatable bonds is 6. The van der Waals surface area contributed by atoms with E-state index in [1.807, 2.05) is 24.3 Å². The summed E-state index contributed by atoms with van der Waals surface area (Å²) in [6, 6.07) is 26.5. The van der Waals surface area contributed by atoms with Gasteiger partial charge in [0.15, 0.2) is 0 Å². The zero-order valence-corrected chi connectivity index (χ0v) is 19.4. The molecule has 0 radical (unpaired) electrons. The van der Waals surface area contributed by atoms with Crippen molar-refractivity contribution >= 4 is 59.9 Å². The van der Waals surface area contributed by atoms with Gasteiger partial charge in [-0.15, -0.1) is 0 Å². The predicted octanol–water partition coefficient (Wildman–Crippen LogP) is 8.21. The van der Waals surface area contributed by atoms with Crippen LogP contribution in [-0.4, -0.2) is 0 Å². The average molecular weight is 532 g/mol. The number of ether oxygens (including phenoxy) is 1. The van der Waals surface area contributed by atoms with Crippen LogP contribution in [0.15, 0.2) is 87.8 Å². The Morgan fingerprint density at radius 1 is 0.828 bits per heavy atom. The molecule has 0 unspecified atom stereocenters. The van der Waals surface area contributed by atoms with E-state index in [4.69, 9.17) is 16.3 Å². The SMILES string of the molecule is Clc1ccccc1NCc1cc(Br)c(OCc2cccc3ccccc23)c(Br)c1. The molecule has 2 nitrogen and oxygen atoms in total. The summed E-state index contributed by atoms with van der Waals surface area (Å²) in [7, 11) is 0. The molecule has 146 valence electrons. The van der Waals surface area contributed by atoms with Crippen molar-refractivity contribution in [2.45, 2.75) is 13.2 Å². The highest BCUT2D eigenvalue weighted by Gasteiger charge is 2.11. The minimum absolute atomic E-state index is 0.496. The topological polar surface area (TPSA) is 21.3 Å². The zero-order valence-electron chi connectivity index (χ0n) is 15.5. The summed E-state index contributed by atoms with van der Waals surface area (Å²) in [5.41, 5.74) is 3.19. The van der Waals surface area contributed by atoms with Crippen LogP contribution in [0.1, 0.15) is 11.1 Å². The van der Waals surface area contributed by atoms with Crippen LogP contribution in [0.5, 0.6) is 5.75 Å². The van der Waals surface area contributed by atoms with Crippen LogP contribution in [0.3, 0.4) is 0 Å². The van der Waals surface area contributed by atoms with Crippen LogP contribution in [0.25, 0.3) is 10.8 Å². The summed E-state index contributed by atoms with van der Waals surface area (Å²) in [4.78, 5) is 0. The lowest BCUT2D eigenvalue weighted by Crippen LogP contribution is -2.02. The van der Waals surface area contributed by atoms with Gasteiger partial charge in [0.1, 0.15) is 12.4 Å². The van der Waals surface area contributed by atoms with Crippen molar-refractivity contribution in [3.63, 3.8) is 0 Å². The van der Waals surface area contributed by atoms with Gasteiger partial charge in [0, 0.05) is 6.54 Å². The number of nitrogens with one attached hydrogen (secondary N) is 1. The first kappa shape index (κ1) is 20.3. The Kier molecular flexibility index (Phi) is 6.43. The molecule has 29 heavy (non-hydrogen) atoms. The molecule has 0 amide bonds. The predicted molar refractivity (Wildman–Crippen MR) is 129 cm³/mol. The number of para-hydroxylation sites is 1. The fraction of sp³-hybridized carbons (Fsp3) is 0.0833. The molecule has 0 atom stereocenters. The molecule has 0 heterocycles. The zero-order chi connectivity index (χ0) is 20.2. The van der Waals surface area contributed by atoms with E-state index in [1.165, 1.54) is 10.8 Å². The lowest BCUT2D eigenvalue weighted by Gasteiger charge is -2.14. The van der Waals surface area contributed by atoms with Crippen molar-refractivity contribution in [2.24, 2.45) is 0 Å². The maximum absolute atomic E-state index is 6.22. The minimum Gasteiger partial charge on any atom is -0.487 e. The van der Waals surface area contributed by atoms with E-state index >= 15 is 0 Å². The molecular formula is C24H18Br2ClNO. The van der Waals surface area contributed by atoms with E-state index in [1.54, 1.807) is 0 Å². The first-order chi connectivity index (χ1) is 14.1. The molecule has 4 rings (SSSR count). The fourth-order valence-electron chi connectivity index (χ4n) is 3.22. The van der Waals surface area contributed by atoms with Crippen LogP contribution in [-0.2, 0) is 13.2 Å². The van der Waals surface area contributed by atoms with E-state index in [-0.39, 0.29) is 0 Å². The summed E-state index contributed by atoms with van der Waals surface area (Å²) in [5, 5.41) is 6.50. The molecule has 0 aliphatic carbocycles. The first-order valence-corrected chi connectivity index (χ1v) is 11.1. The molecule has 0 saturated carbocycles. The average Bonchev–Trinajstić information content (AvgIpc) is 2.72. The molecule has 5 heteroatoms. The second kappa shape index (κ2) is 9.21. The van der Waals surface area contributed by atoms with Gasteiger partial charge < -0.3 is 10.1 Å². The monoisotopic (exact) mass is 529 g/mol. The summed E-state index contributed by atoms with van der Waals surface area (Å²) < 4.78 is 7.97. The molecule has 0 aliphatic rings. The van der Waals surface area contributed by atoms with Gasteiger partial charge in [-0.1, -0.05) is 66.2 Å². The summed E-state index contributed by atoms with van der Waals surface area (Å²) in [5.74, 6) is 0.791. The van der Waals surface area contributed by atoms with Crippen LogP contribution in [0.4, 0.5) is 5.69 Å². The maximum atomic E-state index is 6.22. The highest BCUT2D eigenvalue weighted by Crippen LogP contribution is 2.36. The molecule has 0 aromatic heterocycles. The van der Waals surface area contributed by atoms with Gasteiger partial charge in [0.05, 0.1) is 19.7 Å². The van der Waals surface area contributed by atoms with E-state index in [0.29, 0.717) is 18.2 Å². The molecule has 0 fully saturated rings. The van der Waals surface area contributed by atoms with E-state index in [2.05, 4.69) is 91.8 Å². The van der Waals surface area contributed by atoms with Crippen LogP contribution < -0.4 is 10.1 Å². The summed E-state index contributed by atoms with van der Waals surface area (Å²) in [6.45, 7) is 1.15.